The molecule has 1 fully saturated rings. The number of amides is 3. The van der Waals surface area contributed by atoms with Crippen LogP contribution >= 0.6 is 11.6 Å². The Morgan fingerprint density at radius 1 is 1.07 bits per heavy atom. The molecule has 7 heteroatoms. The van der Waals surface area contributed by atoms with Crippen LogP contribution in [0.2, 0.25) is 5.02 Å². The average molecular weight is 388 g/mol. The van der Waals surface area contributed by atoms with Crippen LogP contribution in [0, 0.1) is 5.92 Å². The molecule has 1 aliphatic heterocycles. The summed E-state index contributed by atoms with van der Waals surface area (Å²) >= 11 is 5.86. The number of rotatable bonds is 4. The topological polar surface area (TPSA) is 70.7 Å². The number of nitrogens with one attached hydrogen (secondary N) is 2. The number of hydrogen-bond acceptors (Lipinski definition) is 3. The van der Waals surface area contributed by atoms with Crippen LogP contribution in [0.5, 0.6) is 11.5 Å². The minimum Gasteiger partial charge on any atom is -0.457 e. The lowest BCUT2D eigenvalue weighted by molar-refractivity contribution is -0.125. The van der Waals surface area contributed by atoms with E-state index < -0.39 is 0 Å². The molecule has 1 saturated heterocycles. The standard InChI is InChI=1S/C20H22ClN3O3/c1-22-19(25)14-3-2-12-24(13-14)20(26)23-16-6-10-18(11-7-16)27-17-8-4-15(21)5-9-17/h4-11,14H,2-3,12-13H2,1H3,(H,22,25)(H,23,26). The summed E-state index contributed by atoms with van der Waals surface area (Å²) in [6.07, 6.45) is 1.62. The minimum absolute atomic E-state index is 0.0174. The summed E-state index contributed by atoms with van der Waals surface area (Å²) in [5.41, 5.74) is 0.672. The summed E-state index contributed by atoms with van der Waals surface area (Å²) < 4.78 is 5.74. The van der Waals surface area contributed by atoms with E-state index in [2.05, 4.69) is 10.6 Å². The van der Waals surface area contributed by atoms with Gasteiger partial charge in [0.2, 0.25) is 5.91 Å². The van der Waals surface area contributed by atoms with Gasteiger partial charge in [0.1, 0.15) is 11.5 Å². The summed E-state index contributed by atoms with van der Waals surface area (Å²) in [5, 5.41) is 6.17. The quantitative estimate of drug-likeness (QED) is 0.828. The van der Waals surface area contributed by atoms with Gasteiger partial charge in [-0.2, -0.15) is 0 Å². The Kier molecular flexibility index (Phi) is 6.19. The number of piperidine rings is 1. The number of carbonyl (C=O) groups is 2. The van der Waals surface area contributed by atoms with Crippen molar-refractivity contribution in [3.63, 3.8) is 0 Å². The summed E-state index contributed by atoms with van der Waals surface area (Å²) in [6.45, 7) is 1.08. The lowest BCUT2D eigenvalue weighted by atomic mass is 9.97. The average Bonchev–Trinajstić information content (AvgIpc) is 2.70. The van der Waals surface area contributed by atoms with Gasteiger partial charge in [0.05, 0.1) is 5.92 Å². The van der Waals surface area contributed by atoms with Gasteiger partial charge in [-0.25, -0.2) is 4.79 Å². The fourth-order valence-corrected chi connectivity index (χ4v) is 3.15. The number of anilines is 1. The Balaban J connectivity index is 1.56. The molecule has 2 aromatic carbocycles. The zero-order valence-corrected chi connectivity index (χ0v) is 15.8. The molecule has 142 valence electrons. The Labute approximate surface area is 163 Å². The number of benzene rings is 2. The predicted octanol–water partition coefficient (Wildman–Crippen LogP) is 4.12. The Morgan fingerprint density at radius 2 is 1.70 bits per heavy atom. The summed E-state index contributed by atoms with van der Waals surface area (Å²) in [5.74, 6) is 1.18. The number of carbonyl (C=O) groups excluding carboxylic acids is 2. The zero-order valence-electron chi connectivity index (χ0n) is 15.1. The van der Waals surface area contributed by atoms with Crippen molar-refractivity contribution in [3.8, 4) is 11.5 Å². The number of hydrogen-bond donors (Lipinski definition) is 2. The Hall–Kier alpha value is -2.73. The first kappa shape index (κ1) is 19.0. The molecule has 2 N–H and O–H groups in total. The SMILES string of the molecule is CNC(=O)C1CCCN(C(=O)Nc2ccc(Oc3ccc(Cl)cc3)cc2)C1. The number of ether oxygens (including phenoxy) is 1. The first-order valence-corrected chi connectivity index (χ1v) is 9.24. The molecule has 1 unspecified atom stereocenters. The van der Waals surface area contributed by atoms with Gasteiger partial charge >= 0.3 is 6.03 Å². The van der Waals surface area contributed by atoms with Gasteiger partial charge in [0.25, 0.3) is 0 Å². The van der Waals surface area contributed by atoms with Gasteiger partial charge in [-0.05, 0) is 61.4 Å². The van der Waals surface area contributed by atoms with Crippen LogP contribution in [0.15, 0.2) is 48.5 Å². The third-order valence-corrected chi connectivity index (χ3v) is 4.73. The van der Waals surface area contributed by atoms with E-state index in [1.807, 2.05) is 0 Å². The largest absolute Gasteiger partial charge is 0.457 e. The molecular weight excluding hydrogens is 366 g/mol. The smallest absolute Gasteiger partial charge is 0.321 e. The first-order chi connectivity index (χ1) is 13.0. The van der Waals surface area contributed by atoms with Crippen LogP contribution in [0.1, 0.15) is 12.8 Å². The minimum atomic E-state index is -0.199. The second-order valence-electron chi connectivity index (χ2n) is 6.41. The van der Waals surface area contributed by atoms with E-state index in [1.54, 1.807) is 60.5 Å². The highest BCUT2D eigenvalue weighted by molar-refractivity contribution is 6.30. The molecule has 3 amide bonds. The van der Waals surface area contributed by atoms with Crippen LogP contribution in [0.25, 0.3) is 0 Å². The second kappa shape index (κ2) is 8.77. The fraction of sp³-hybridized carbons (Fsp3) is 0.300. The fourth-order valence-electron chi connectivity index (χ4n) is 3.03. The van der Waals surface area contributed by atoms with Crippen LogP contribution < -0.4 is 15.4 Å². The van der Waals surface area contributed by atoms with Crippen LogP contribution in [0.4, 0.5) is 10.5 Å². The van der Waals surface area contributed by atoms with Crippen molar-refractivity contribution in [2.24, 2.45) is 5.92 Å². The molecule has 1 heterocycles. The highest BCUT2D eigenvalue weighted by Crippen LogP contribution is 2.25. The van der Waals surface area contributed by atoms with E-state index >= 15 is 0 Å². The van der Waals surface area contributed by atoms with Gasteiger partial charge in [0.15, 0.2) is 0 Å². The molecule has 0 aromatic heterocycles. The van der Waals surface area contributed by atoms with Crippen LogP contribution in [0.3, 0.4) is 0 Å². The van der Waals surface area contributed by atoms with Crippen molar-refractivity contribution in [1.29, 1.82) is 0 Å². The monoisotopic (exact) mass is 387 g/mol. The molecule has 0 aliphatic carbocycles. The van der Waals surface area contributed by atoms with E-state index in [9.17, 15) is 9.59 Å². The molecule has 6 nitrogen and oxygen atoms in total. The molecule has 0 radical (unpaired) electrons. The molecular formula is C20H22ClN3O3. The molecule has 1 aliphatic rings. The van der Waals surface area contributed by atoms with Crippen molar-refractivity contribution >= 4 is 29.2 Å². The van der Waals surface area contributed by atoms with Crippen molar-refractivity contribution in [2.45, 2.75) is 12.8 Å². The molecule has 27 heavy (non-hydrogen) atoms. The molecule has 0 saturated carbocycles. The summed E-state index contributed by atoms with van der Waals surface area (Å²) in [6, 6.07) is 14.0. The summed E-state index contributed by atoms with van der Waals surface area (Å²) in [7, 11) is 1.62. The first-order valence-electron chi connectivity index (χ1n) is 8.86. The lowest BCUT2D eigenvalue weighted by Gasteiger charge is -2.31. The molecule has 3 rings (SSSR count). The highest BCUT2D eigenvalue weighted by atomic mass is 35.5. The highest BCUT2D eigenvalue weighted by Gasteiger charge is 2.27. The third-order valence-electron chi connectivity index (χ3n) is 4.48. The van der Waals surface area contributed by atoms with Gasteiger partial charge in [0, 0.05) is 30.8 Å². The normalized spacial score (nSPS) is 16.5. The van der Waals surface area contributed by atoms with Crippen molar-refractivity contribution in [2.75, 3.05) is 25.5 Å². The molecule has 2 aromatic rings. The molecule has 0 spiro atoms. The Bertz CT molecular complexity index is 793. The van der Waals surface area contributed by atoms with E-state index in [1.165, 1.54) is 0 Å². The maximum Gasteiger partial charge on any atom is 0.321 e. The van der Waals surface area contributed by atoms with E-state index in [0.29, 0.717) is 35.3 Å². The molecule has 0 bridgehead atoms. The zero-order chi connectivity index (χ0) is 19.2. The number of urea groups is 1. The molecule has 1 atom stereocenters. The van der Waals surface area contributed by atoms with Crippen molar-refractivity contribution in [3.05, 3.63) is 53.6 Å². The number of halogens is 1. The van der Waals surface area contributed by atoms with Crippen LogP contribution in [-0.4, -0.2) is 37.0 Å². The second-order valence-corrected chi connectivity index (χ2v) is 6.85. The van der Waals surface area contributed by atoms with Gasteiger partial charge in [-0.15, -0.1) is 0 Å². The van der Waals surface area contributed by atoms with E-state index in [0.717, 1.165) is 12.8 Å². The third kappa shape index (κ3) is 5.14. The Morgan fingerprint density at radius 3 is 2.33 bits per heavy atom. The number of likely N-dealkylation sites (tertiary alicyclic amines) is 1. The van der Waals surface area contributed by atoms with Crippen molar-refractivity contribution < 1.29 is 14.3 Å². The number of nitrogens with zero attached hydrogens (tertiary/aromatic N) is 1. The predicted molar refractivity (Wildman–Crippen MR) is 105 cm³/mol. The van der Waals surface area contributed by atoms with Gasteiger partial charge in [-0.1, -0.05) is 11.6 Å². The van der Waals surface area contributed by atoms with E-state index in [-0.39, 0.29) is 17.9 Å². The van der Waals surface area contributed by atoms with Crippen LogP contribution in [-0.2, 0) is 4.79 Å². The lowest BCUT2D eigenvalue weighted by Crippen LogP contribution is -2.46. The maximum absolute atomic E-state index is 12.5. The summed E-state index contributed by atoms with van der Waals surface area (Å²) in [4.78, 5) is 26.0. The van der Waals surface area contributed by atoms with Crippen molar-refractivity contribution in [1.82, 2.24) is 10.2 Å². The maximum atomic E-state index is 12.5. The van der Waals surface area contributed by atoms with Gasteiger partial charge < -0.3 is 20.3 Å². The van der Waals surface area contributed by atoms with E-state index in [4.69, 9.17) is 16.3 Å². The van der Waals surface area contributed by atoms with Gasteiger partial charge in [-0.3, -0.25) is 4.79 Å².